The standard InChI is InChI=1S/C16H13BrN2O2S/c1-10-13-4-2-3-5-14(13)19-16(18)15(10)22(20,21)12-8-6-11(17)7-9-12/h2-9H,1H3,(H2,18,19). The Bertz CT molecular complexity index is 967. The van der Waals surface area contributed by atoms with Crippen molar-refractivity contribution in [2.24, 2.45) is 0 Å². The third-order valence-corrected chi connectivity index (χ3v) is 5.99. The highest BCUT2D eigenvalue weighted by molar-refractivity contribution is 9.10. The maximum atomic E-state index is 12.9. The van der Waals surface area contributed by atoms with Gasteiger partial charge in [-0.25, -0.2) is 13.4 Å². The van der Waals surface area contributed by atoms with Crippen LogP contribution in [0.2, 0.25) is 0 Å². The topological polar surface area (TPSA) is 73.0 Å². The summed E-state index contributed by atoms with van der Waals surface area (Å²) in [5.74, 6) is 0.0270. The van der Waals surface area contributed by atoms with Gasteiger partial charge in [0.2, 0.25) is 9.84 Å². The van der Waals surface area contributed by atoms with Crippen LogP contribution >= 0.6 is 15.9 Å². The molecule has 0 aliphatic rings. The Morgan fingerprint density at radius 1 is 1.05 bits per heavy atom. The lowest BCUT2D eigenvalue weighted by atomic mass is 10.1. The SMILES string of the molecule is Cc1c(S(=O)(=O)c2ccc(Br)cc2)c(N)nc2ccccc12. The van der Waals surface area contributed by atoms with Gasteiger partial charge >= 0.3 is 0 Å². The molecule has 1 aromatic heterocycles. The van der Waals surface area contributed by atoms with E-state index in [2.05, 4.69) is 20.9 Å². The first kappa shape index (κ1) is 15.0. The van der Waals surface area contributed by atoms with Gasteiger partial charge in [-0.05, 0) is 42.8 Å². The molecule has 4 nitrogen and oxygen atoms in total. The van der Waals surface area contributed by atoms with Crippen LogP contribution in [0.4, 0.5) is 5.82 Å². The van der Waals surface area contributed by atoms with Crippen molar-refractivity contribution in [3.63, 3.8) is 0 Å². The van der Waals surface area contributed by atoms with Crippen molar-refractivity contribution in [2.45, 2.75) is 16.7 Å². The van der Waals surface area contributed by atoms with E-state index in [0.717, 1.165) is 9.86 Å². The number of nitrogens with two attached hydrogens (primary N) is 1. The minimum Gasteiger partial charge on any atom is -0.383 e. The number of benzene rings is 2. The molecule has 112 valence electrons. The highest BCUT2D eigenvalue weighted by Gasteiger charge is 2.25. The molecule has 0 spiro atoms. The third-order valence-electron chi connectivity index (χ3n) is 3.51. The number of hydrogen-bond donors (Lipinski definition) is 1. The summed E-state index contributed by atoms with van der Waals surface area (Å²) in [5.41, 5.74) is 7.25. The van der Waals surface area contributed by atoms with Crippen molar-refractivity contribution in [3.05, 3.63) is 58.6 Å². The zero-order valence-electron chi connectivity index (χ0n) is 11.7. The Morgan fingerprint density at radius 3 is 2.36 bits per heavy atom. The predicted octanol–water partition coefficient (Wildman–Crippen LogP) is 3.72. The van der Waals surface area contributed by atoms with E-state index in [0.29, 0.717) is 11.1 Å². The summed E-state index contributed by atoms with van der Waals surface area (Å²) < 4.78 is 26.6. The summed E-state index contributed by atoms with van der Waals surface area (Å²) in [5, 5.41) is 0.785. The minimum atomic E-state index is -3.72. The van der Waals surface area contributed by atoms with Gasteiger partial charge in [-0.1, -0.05) is 34.1 Å². The second-order valence-electron chi connectivity index (χ2n) is 4.93. The van der Waals surface area contributed by atoms with Gasteiger partial charge in [-0.15, -0.1) is 0 Å². The van der Waals surface area contributed by atoms with E-state index in [1.807, 2.05) is 24.3 Å². The Hall–Kier alpha value is -1.92. The highest BCUT2D eigenvalue weighted by atomic mass is 79.9. The van der Waals surface area contributed by atoms with Crippen LogP contribution in [0.5, 0.6) is 0 Å². The van der Waals surface area contributed by atoms with E-state index in [1.54, 1.807) is 31.2 Å². The molecule has 0 aliphatic heterocycles. The Labute approximate surface area is 137 Å². The normalized spacial score (nSPS) is 11.7. The molecule has 0 saturated heterocycles. The smallest absolute Gasteiger partial charge is 0.210 e. The van der Waals surface area contributed by atoms with Gasteiger partial charge in [0, 0.05) is 9.86 Å². The third kappa shape index (κ3) is 2.38. The quantitative estimate of drug-likeness (QED) is 0.739. The lowest BCUT2D eigenvalue weighted by Gasteiger charge is -2.13. The van der Waals surface area contributed by atoms with Gasteiger partial charge < -0.3 is 5.73 Å². The van der Waals surface area contributed by atoms with Crippen LogP contribution < -0.4 is 5.73 Å². The summed E-state index contributed by atoms with van der Waals surface area (Å²) in [7, 11) is -3.72. The number of para-hydroxylation sites is 1. The van der Waals surface area contributed by atoms with Gasteiger partial charge in [0.25, 0.3) is 0 Å². The Kier molecular flexibility index (Phi) is 3.66. The summed E-state index contributed by atoms with van der Waals surface area (Å²) in [4.78, 5) is 4.51. The summed E-state index contributed by atoms with van der Waals surface area (Å²) in [6, 6.07) is 13.8. The van der Waals surface area contributed by atoms with E-state index < -0.39 is 9.84 Å². The fraction of sp³-hybridized carbons (Fsp3) is 0.0625. The maximum Gasteiger partial charge on any atom is 0.210 e. The number of nitrogen functional groups attached to an aromatic ring is 1. The van der Waals surface area contributed by atoms with Gasteiger partial charge in [0.15, 0.2) is 0 Å². The van der Waals surface area contributed by atoms with E-state index in [-0.39, 0.29) is 15.6 Å². The zero-order valence-corrected chi connectivity index (χ0v) is 14.1. The number of sulfone groups is 1. The van der Waals surface area contributed by atoms with Crippen LogP contribution in [0.15, 0.2) is 62.8 Å². The molecule has 3 aromatic rings. The molecule has 0 aliphatic carbocycles. The van der Waals surface area contributed by atoms with Crippen LogP contribution in [-0.2, 0) is 9.84 Å². The molecule has 6 heteroatoms. The molecule has 0 fully saturated rings. The first-order valence-corrected chi connectivity index (χ1v) is 8.84. The summed E-state index contributed by atoms with van der Waals surface area (Å²) in [6.07, 6.45) is 0. The minimum absolute atomic E-state index is 0.0270. The number of hydrogen-bond acceptors (Lipinski definition) is 4. The predicted molar refractivity (Wildman–Crippen MR) is 90.5 cm³/mol. The molecule has 0 atom stereocenters. The first-order valence-electron chi connectivity index (χ1n) is 6.57. The lowest BCUT2D eigenvalue weighted by Crippen LogP contribution is -2.10. The van der Waals surface area contributed by atoms with Crippen molar-refractivity contribution in [3.8, 4) is 0 Å². The van der Waals surface area contributed by atoms with Crippen molar-refractivity contribution in [1.29, 1.82) is 0 Å². The number of aromatic nitrogens is 1. The zero-order chi connectivity index (χ0) is 15.9. The van der Waals surface area contributed by atoms with E-state index in [4.69, 9.17) is 5.73 Å². The van der Waals surface area contributed by atoms with E-state index in [1.165, 1.54) is 0 Å². The number of fused-ring (bicyclic) bond motifs is 1. The van der Waals surface area contributed by atoms with E-state index >= 15 is 0 Å². The molecule has 3 rings (SSSR count). The second-order valence-corrected chi connectivity index (χ2v) is 7.73. The van der Waals surface area contributed by atoms with Gasteiger partial charge in [0.1, 0.15) is 10.7 Å². The fourth-order valence-electron chi connectivity index (χ4n) is 2.45. The molecule has 2 aromatic carbocycles. The molecule has 0 saturated carbocycles. The molecule has 0 radical (unpaired) electrons. The number of anilines is 1. The molecule has 22 heavy (non-hydrogen) atoms. The maximum absolute atomic E-state index is 12.9. The number of rotatable bonds is 2. The molecule has 0 unspecified atom stereocenters. The second kappa shape index (κ2) is 5.37. The lowest BCUT2D eigenvalue weighted by molar-refractivity contribution is 0.596. The van der Waals surface area contributed by atoms with Crippen molar-refractivity contribution < 1.29 is 8.42 Å². The van der Waals surface area contributed by atoms with Gasteiger partial charge in [-0.2, -0.15) is 0 Å². The summed E-state index contributed by atoms with van der Waals surface area (Å²) >= 11 is 3.30. The molecule has 0 amide bonds. The van der Waals surface area contributed by atoms with Crippen LogP contribution in [-0.4, -0.2) is 13.4 Å². The van der Waals surface area contributed by atoms with Gasteiger partial charge in [-0.3, -0.25) is 0 Å². The number of aryl methyl sites for hydroxylation is 1. The molecular formula is C16H13BrN2O2S. The van der Waals surface area contributed by atoms with Crippen LogP contribution in [0.25, 0.3) is 10.9 Å². The average Bonchev–Trinajstić information content (AvgIpc) is 2.47. The van der Waals surface area contributed by atoms with E-state index in [9.17, 15) is 8.42 Å². The fourth-order valence-corrected chi connectivity index (χ4v) is 4.28. The molecular weight excluding hydrogens is 364 g/mol. The monoisotopic (exact) mass is 376 g/mol. The molecule has 0 bridgehead atoms. The largest absolute Gasteiger partial charge is 0.383 e. The first-order chi connectivity index (χ1) is 10.4. The van der Waals surface area contributed by atoms with Crippen molar-refractivity contribution in [2.75, 3.05) is 5.73 Å². The van der Waals surface area contributed by atoms with Gasteiger partial charge in [0.05, 0.1) is 10.4 Å². The Balaban J connectivity index is 2.31. The average molecular weight is 377 g/mol. The molecule has 2 N–H and O–H groups in total. The number of pyridine rings is 1. The summed E-state index contributed by atoms with van der Waals surface area (Å²) in [6.45, 7) is 1.76. The van der Waals surface area contributed by atoms with Crippen LogP contribution in [0, 0.1) is 6.92 Å². The van der Waals surface area contributed by atoms with Crippen LogP contribution in [0.3, 0.4) is 0 Å². The number of halogens is 1. The number of nitrogens with zero attached hydrogens (tertiary/aromatic N) is 1. The van der Waals surface area contributed by atoms with Crippen molar-refractivity contribution in [1.82, 2.24) is 4.98 Å². The Morgan fingerprint density at radius 2 is 1.68 bits per heavy atom. The molecule has 1 heterocycles. The van der Waals surface area contributed by atoms with Crippen LogP contribution in [0.1, 0.15) is 5.56 Å². The highest BCUT2D eigenvalue weighted by Crippen LogP contribution is 2.32. The van der Waals surface area contributed by atoms with Crippen molar-refractivity contribution >= 4 is 42.5 Å².